The molecule has 0 bridgehead atoms. The Hall–Kier alpha value is -3.48. The van der Waals surface area contributed by atoms with Gasteiger partial charge in [0, 0.05) is 29.3 Å². The van der Waals surface area contributed by atoms with Crippen LogP contribution < -0.4 is 10.9 Å². The number of benzene rings is 2. The van der Waals surface area contributed by atoms with E-state index >= 15 is 0 Å². The number of hydrogen-bond donors (Lipinski definition) is 1. The van der Waals surface area contributed by atoms with E-state index in [0.717, 1.165) is 23.5 Å². The first-order valence-corrected chi connectivity index (χ1v) is 9.44. The van der Waals surface area contributed by atoms with Crippen LogP contribution in [-0.4, -0.2) is 20.0 Å². The summed E-state index contributed by atoms with van der Waals surface area (Å²) in [4.78, 5) is 29.1. The molecule has 0 unspecified atom stereocenters. The maximum Gasteiger partial charge on any atom is 0.261 e. The highest BCUT2D eigenvalue weighted by Crippen LogP contribution is 2.21. The third-order valence-electron chi connectivity index (χ3n) is 4.72. The second-order valence-electron chi connectivity index (χ2n) is 7.52. The molecule has 1 N–H and O–H groups in total. The lowest BCUT2D eigenvalue weighted by molar-refractivity contribution is -0.116. The zero-order valence-corrected chi connectivity index (χ0v) is 16.2. The third-order valence-corrected chi connectivity index (χ3v) is 4.72. The summed E-state index contributed by atoms with van der Waals surface area (Å²) in [5.41, 5.74) is 1.70. The van der Waals surface area contributed by atoms with Crippen molar-refractivity contribution in [1.82, 2.24) is 14.1 Å². The summed E-state index contributed by atoms with van der Waals surface area (Å²) in [6.45, 7) is 5.05. The maximum atomic E-state index is 13.4. The second kappa shape index (κ2) is 7.50. The molecule has 1 amide bonds. The molecule has 0 saturated carbocycles. The summed E-state index contributed by atoms with van der Waals surface area (Å²) in [5.74, 6) is -0.339. The first kappa shape index (κ1) is 18.9. The van der Waals surface area contributed by atoms with Crippen LogP contribution in [0.25, 0.3) is 21.8 Å². The van der Waals surface area contributed by atoms with Gasteiger partial charge >= 0.3 is 0 Å². The van der Waals surface area contributed by atoms with Crippen LogP contribution in [0.2, 0.25) is 0 Å². The molecule has 4 aromatic rings. The molecule has 6 nitrogen and oxygen atoms in total. The van der Waals surface area contributed by atoms with E-state index in [0.29, 0.717) is 17.1 Å². The van der Waals surface area contributed by atoms with Crippen LogP contribution in [0.4, 0.5) is 10.1 Å². The average Bonchev–Trinajstić information content (AvgIpc) is 3.06. The van der Waals surface area contributed by atoms with Crippen molar-refractivity contribution in [2.75, 3.05) is 5.32 Å². The number of nitrogens with one attached hydrogen (secondary N) is 1. The topological polar surface area (TPSA) is 68.9 Å². The Kier molecular flexibility index (Phi) is 4.88. The predicted octanol–water partition coefficient (Wildman–Crippen LogP) is 3.79. The van der Waals surface area contributed by atoms with Gasteiger partial charge in [-0.3, -0.25) is 14.2 Å². The molecule has 0 aliphatic rings. The van der Waals surface area contributed by atoms with Crippen molar-refractivity contribution in [1.29, 1.82) is 0 Å². The van der Waals surface area contributed by atoms with Crippen LogP contribution in [-0.2, 0) is 17.9 Å². The third kappa shape index (κ3) is 3.89. The Morgan fingerprint density at radius 1 is 1.14 bits per heavy atom. The predicted molar refractivity (Wildman–Crippen MR) is 111 cm³/mol. The summed E-state index contributed by atoms with van der Waals surface area (Å²) in [6.07, 6.45) is 3.34. The molecule has 2 heterocycles. The molecule has 4 rings (SSSR count). The summed E-state index contributed by atoms with van der Waals surface area (Å²) < 4.78 is 16.8. The van der Waals surface area contributed by atoms with E-state index in [2.05, 4.69) is 28.7 Å². The Labute approximate surface area is 166 Å². The molecule has 0 saturated heterocycles. The Morgan fingerprint density at radius 2 is 1.97 bits per heavy atom. The van der Waals surface area contributed by atoms with E-state index in [4.69, 9.17) is 0 Å². The molecule has 2 aromatic carbocycles. The van der Waals surface area contributed by atoms with Gasteiger partial charge < -0.3 is 9.88 Å². The smallest absolute Gasteiger partial charge is 0.261 e. The van der Waals surface area contributed by atoms with Crippen molar-refractivity contribution in [3.8, 4) is 0 Å². The van der Waals surface area contributed by atoms with Crippen LogP contribution in [0.15, 0.2) is 59.8 Å². The average molecular weight is 392 g/mol. The lowest BCUT2D eigenvalue weighted by Crippen LogP contribution is -2.28. The number of aromatic nitrogens is 3. The first-order chi connectivity index (χ1) is 13.9. The number of halogens is 1. The summed E-state index contributed by atoms with van der Waals surface area (Å²) in [5, 5.41) is 3.99. The Bertz CT molecular complexity index is 1270. The minimum Gasteiger partial charge on any atom is -0.347 e. The van der Waals surface area contributed by atoms with Crippen LogP contribution in [0.3, 0.4) is 0 Å². The highest BCUT2D eigenvalue weighted by Gasteiger charge is 2.10. The summed E-state index contributed by atoms with van der Waals surface area (Å²) >= 11 is 0. The zero-order valence-electron chi connectivity index (χ0n) is 16.2. The van der Waals surface area contributed by atoms with Crippen LogP contribution in [0.5, 0.6) is 0 Å². The van der Waals surface area contributed by atoms with Crippen molar-refractivity contribution in [2.24, 2.45) is 5.92 Å². The number of nitrogens with zero attached hydrogens (tertiary/aromatic N) is 3. The van der Waals surface area contributed by atoms with E-state index in [9.17, 15) is 14.0 Å². The number of hydrogen-bond acceptors (Lipinski definition) is 3. The molecule has 0 aliphatic carbocycles. The van der Waals surface area contributed by atoms with Gasteiger partial charge in [-0.25, -0.2) is 9.37 Å². The number of carbonyl (C=O) groups excluding carboxylic acids is 1. The van der Waals surface area contributed by atoms with Gasteiger partial charge in [-0.1, -0.05) is 13.8 Å². The van der Waals surface area contributed by atoms with Crippen LogP contribution in [0.1, 0.15) is 13.8 Å². The molecule has 0 radical (unpaired) electrons. The van der Waals surface area contributed by atoms with Crippen molar-refractivity contribution in [3.63, 3.8) is 0 Å². The summed E-state index contributed by atoms with van der Waals surface area (Å²) in [6, 6.07) is 11.6. The molecule has 0 fully saturated rings. The van der Waals surface area contributed by atoms with Gasteiger partial charge in [-0.15, -0.1) is 0 Å². The summed E-state index contributed by atoms with van der Waals surface area (Å²) in [7, 11) is 0. The van der Waals surface area contributed by atoms with Crippen LogP contribution >= 0.6 is 0 Å². The van der Waals surface area contributed by atoms with E-state index < -0.39 is 11.4 Å². The fraction of sp³-hybridized carbons (Fsp3) is 0.227. The van der Waals surface area contributed by atoms with E-state index in [-0.39, 0.29) is 17.8 Å². The van der Waals surface area contributed by atoms with Gasteiger partial charge in [0.15, 0.2) is 0 Å². The SMILES string of the molecule is CC(C)Cn1ccc2cc(NC(=O)Cn3cnc4ccc(F)cc4c3=O)ccc21. The molecule has 0 atom stereocenters. The molecule has 29 heavy (non-hydrogen) atoms. The van der Waals surface area contributed by atoms with Gasteiger partial charge in [-0.2, -0.15) is 0 Å². The molecule has 148 valence electrons. The van der Waals surface area contributed by atoms with Gasteiger partial charge in [0.1, 0.15) is 12.4 Å². The van der Waals surface area contributed by atoms with E-state index in [1.165, 1.54) is 23.0 Å². The van der Waals surface area contributed by atoms with Gasteiger partial charge in [-0.05, 0) is 48.4 Å². The maximum absolute atomic E-state index is 13.4. The van der Waals surface area contributed by atoms with Crippen LogP contribution in [0, 0.1) is 11.7 Å². The normalized spacial score (nSPS) is 11.4. The lowest BCUT2D eigenvalue weighted by atomic mass is 10.2. The molecular weight excluding hydrogens is 371 g/mol. The second-order valence-corrected chi connectivity index (χ2v) is 7.52. The zero-order chi connectivity index (χ0) is 20.5. The Morgan fingerprint density at radius 3 is 2.76 bits per heavy atom. The van der Waals surface area contributed by atoms with Crippen molar-refractivity contribution in [2.45, 2.75) is 26.9 Å². The number of carbonyl (C=O) groups is 1. The van der Waals surface area contributed by atoms with Crippen molar-refractivity contribution in [3.05, 3.63) is 71.2 Å². The molecular formula is C22H21FN4O2. The highest BCUT2D eigenvalue weighted by molar-refractivity contribution is 5.94. The number of fused-ring (bicyclic) bond motifs is 2. The standard InChI is InChI=1S/C22H21FN4O2/c1-14(2)11-26-8-7-15-9-17(4-6-20(15)26)25-21(28)12-27-13-24-19-5-3-16(23)10-18(19)22(27)29/h3-10,13-14H,11-12H2,1-2H3,(H,25,28). The van der Waals surface area contributed by atoms with Gasteiger partial charge in [0.2, 0.25) is 5.91 Å². The lowest BCUT2D eigenvalue weighted by Gasteiger charge is -2.10. The fourth-order valence-corrected chi connectivity index (χ4v) is 3.43. The minimum absolute atomic E-state index is 0.146. The largest absolute Gasteiger partial charge is 0.347 e. The molecule has 2 aromatic heterocycles. The molecule has 0 spiro atoms. The number of rotatable bonds is 5. The number of anilines is 1. The van der Waals surface area contributed by atoms with E-state index in [1.807, 2.05) is 30.5 Å². The van der Waals surface area contributed by atoms with Gasteiger partial charge in [0.25, 0.3) is 5.56 Å². The fourth-order valence-electron chi connectivity index (χ4n) is 3.43. The molecule has 7 heteroatoms. The Balaban J connectivity index is 1.53. The van der Waals surface area contributed by atoms with Crippen molar-refractivity contribution < 1.29 is 9.18 Å². The minimum atomic E-state index is -0.517. The van der Waals surface area contributed by atoms with Gasteiger partial charge in [0.05, 0.1) is 17.2 Å². The first-order valence-electron chi connectivity index (χ1n) is 9.44. The molecule has 0 aliphatic heterocycles. The quantitative estimate of drug-likeness (QED) is 0.562. The highest BCUT2D eigenvalue weighted by atomic mass is 19.1. The van der Waals surface area contributed by atoms with E-state index in [1.54, 1.807) is 0 Å². The number of amides is 1. The monoisotopic (exact) mass is 392 g/mol. The van der Waals surface area contributed by atoms with Crippen molar-refractivity contribution >= 4 is 33.4 Å².